The molecule has 3 nitrogen and oxygen atoms in total. The molecule has 2 N–H and O–H groups in total. The van der Waals surface area contributed by atoms with E-state index in [1.54, 1.807) is 16.7 Å². The van der Waals surface area contributed by atoms with E-state index in [1.807, 2.05) is 13.1 Å². The zero-order valence-corrected chi connectivity index (χ0v) is 8.16. The lowest BCUT2D eigenvalue weighted by Gasteiger charge is -2.13. The number of nitrogens with two attached hydrogens (primary N) is 1. The molecule has 0 spiro atoms. The molecule has 1 aromatic rings. The van der Waals surface area contributed by atoms with E-state index >= 15 is 0 Å². The summed E-state index contributed by atoms with van der Waals surface area (Å²) in [4.78, 5) is 11.4. The van der Waals surface area contributed by atoms with Crippen LogP contribution in [-0.4, -0.2) is 4.57 Å². The molecule has 0 radical (unpaired) electrons. The highest BCUT2D eigenvalue weighted by Crippen LogP contribution is 2.07. The molecule has 0 aliphatic carbocycles. The van der Waals surface area contributed by atoms with Crippen molar-refractivity contribution in [2.45, 2.75) is 32.9 Å². The lowest BCUT2D eigenvalue weighted by Crippen LogP contribution is -2.22. The number of hydrogen-bond acceptors (Lipinski definition) is 2. The first-order valence-corrected chi connectivity index (χ1v) is 4.60. The van der Waals surface area contributed by atoms with Gasteiger partial charge in [-0.2, -0.15) is 0 Å². The Kier molecular flexibility index (Phi) is 3.25. The molecule has 0 aliphatic heterocycles. The third kappa shape index (κ3) is 2.18. The molecule has 0 saturated carbocycles. The molecular weight excluding hydrogens is 164 g/mol. The Morgan fingerprint density at radius 2 is 2.23 bits per heavy atom. The van der Waals surface area contributed by atoms with Crippen LogP contribution in [0, 0.1) is 0 Å². The fourth-order valence-electron chi connectivity index (χ4n) is 1.21. The van der Waals surface area contributed by atoms with Gasteiger partial charge in [-0.05, 0) is 18.9 Å². The van der Waals surface area contributed by atoms with Crippen LogP contribution in [0.5, 0.6) is 0 Å². The van der Waals surface area contributed by atoms with Gasteiger partial charge in [-0.25, -0.2) is 0 Å². The van der Waals surface area contributed by atoms with Gasteiger partial charge >= 0.3 is 0 Å². The van der Waals surface area contributed by atoms with Crippen LogP contribution in [0.25, 0.3) is 0 Å². The average molecular weight is 180 g/mol. The number of hydrogen-bond donors (Lipinski definition) is 1. The molecule has 3 heteroatoms. The van der Waals surface area contributed by atoms with Crippen molar-refractivity contribution < 1.29 is 0 Å². The summed E-state index contributed by atoms with van der Waals surface area (Å²) in [6, 6.07) is 3.61. The van der Waals surface area contributed by atoms with Crippen LogP contribution in [-0.2, 0) is 6.54 Å². The predicted molar refractivity (Wildman–Crippen MR) is 53.6 cm³/mol. The van der Waals surface area contributed by atoms with E-state index in [4.69, 9.17) is 5.73 Å². The Morgan fingerprint density at radius 3 is 2.77 bits per heavy atom. The molecule has 0 bridgehead atoms. The average Bonchev–Trinajstić information content (AvgIpc) is 2.17. The summed E-state index contributed by atoms with van der Waals surface area (Å²) >= 11 is 0. The Labute approximate surface area is 78.2 Å². The van der Waals surface area contributed by atoms with Crippen LogP contribution in [0.1, 0.15) is 31.9 Å². The first kappa shape index (κ1) is 9.99. The third-order valence-corrected chi connectivity index (χ3v) is 2.30. The lowest BCUT2D eigenvalue weighted by atomic mass is 10.2. The zero-order valence-electron chi connectivity index (χ0n) is 8.16. The first-order valence-electron chi connectivity index (χ1n) is 4.60. The maximum absolute atomic E-state index is 11.4. The van der Waals surface area contributed by atoms with E-state index in [0.717, 1.165) is 12.0 Å². The predicted octanol–water partition coefficient (Wildman–Crippen LogP) is 1.28. The summed E-state index contributed by atoms with van der Waals surface area (Å²) in [7, 11) is 0. The molecule has 1 heterocycles. The Hall–Kier alpha value is -1.09. The maximum atomic E-state index is 11.4. The first-order chi connectivity index (χ1) is 6.19. The van der Waals surface area contributed by atoms with Crippen molar-refractivity contribution in [3.63, 3.8) is 0 Å². The molecule has 0 aromatic carbocycles. The maximum Gasteiger partial charge on any atom is 0.250 e. The lowest BCUT2D eigenvalue weighted by molar-refractivity contribution is 0.512. The summed E-state index contributed by atoms with van der Waals surface area (Å²) in [5.74, 6) is 0. The van der Waals surface area contributed by atoms with Gasteiger partial charge in [0.1, 0.15) is 0 Å². The van der Waals surface area contributed by atoms with Crippen molar-refractivity contribution >= 4 is 0 Å². The van der Waals surface area contributed by atoms with Crippen molar-refractivity contribution in [3.8, 4) is 0 Å². The van der Waals surface area contributed by atoms with Gasteiger partial charge in [0.25, 0.3) is 5.56 Å². The highest BCUT2D eigenvalue weighted by molar-refractivity contribution is 5.09. The Balaban J connectivity index is 3.11. The summed E-state index contributed by atoms with van der Waals surface area (Å²) < 4.78 is 1.74. The van der Waals surface area contributed by atoms with Gasteiger partial charge in [-0.15, -0.1) is 0 Å². The van der Waals surface area contributed by atoms with Crippen molar-refractivity contribution in [1.82, 2.24) is 4.57 Å². The van der Waals surface area contributed by atoms with E-state index in [0.29, 0.717) is 6.54 Å². The van der Waals surface area contributed by atoms with Gasteiger partial charge < -0.3 is 10.3 Å². The van der Waals surface area contributed by atoms with Crippen LogP contribution >= 0.6 is 0 Å². The molecule has 1 aromatic heterocycles. The normalized spacial score (nSPS) is 12.8. The highest BCUT2D eigenvalue weighted by atomic mass is 16.1. The molecule has 1 unspecified atom stereocenters. The van der Waals surface area contributed by atoms with Gasteiger partial charge in [0.05, 0.1) is 0 Å². The van der Waals surface area contributed by atoms with Crippen LogP contribution in [0.4, 0.5) is 0 Å². The number of rotatable bonds is 3. The number of pyridine rings is 1. The molecule has 1 rings (SSSR count). The Morgan fingerprint density at radius 1 is 1.54 bits per heavy atom. The molecule has 13 heavy (non-hydrogen) atoms. The molecule has 0 amide bonds. The fourth-order valence-corrected chi connectivity index (χ4v) is 1.21. The van der Waals surface area contributed by atoms with Crippen molar-refractivity contribution in [2.24, 2.45) is 5.73 Å². The van der Waals surface area contributed by atoms with E-state index < -0.39 is 0 Å². The summed E-state index contributed by atoms with van der Waals surface area (Å²) in [6.07, 6.45) is 2.80. The van der Waals surface area contributed by atoms with E-state index in [2.05, 4.69) is 6.92 Å². The number of aromatic nitrogens is 1. The quantitative estimate of drug-likeness (QED) is 0.761. The van der Waals surface area contributed by atoms with Gasteiger partial charge in [0.15, 0.2) is 0 Å². The Bertz CT molecular complexity index is 330. The monoisotopic (exact) mass is 180 g/mol. The van der Waals surface area contributed by atoms with E-state index in [-0.39, 0.29) is 11.6 Å². The van der Waals surface area contributed by atoms with Crippen molar-refractivity contribution in [3.05, 3.63) is 34.2 Å². The third-order valence-electron chi connectivity index (χ3n) is 2.30. The highest BCUT2D eigenvalue weighted by Gasteiger charge is 2.03. The molecule has 0 fully saturated rings. The second kappa shape index (κ2) is 4.23. The molecule has 1 atom stereocenters. The van der Waals surface area contributed by atoms with Crippen LogP contribution < -0.4 is 11.3 Å². The van der Waals surface area contributed by atoms with Crippen LogP contribution in [0.3, 0.4) is 0 Å². The van der Waals surface area contributed by atoms with Crippen LogP contribution in [0.2, 0.25) is 0 Å². The van der Waals surface area contributed by atoms with Gasteiger partial charge in [-0.3, -0.25) is 4.79 Å². The largest absolute Gasteiger partial charge is 0.326 e. The molecule has 72 valence electrons. The minimum Gasteiger partial charge on any atom is -0.326 e. The second-order valence-corrected chi connectivity index (χ2v) is 3.24. The minimum atomic E-state index is 0.0477. The standard InChI is InChI=1S/C10H16N2O/c1-3-8(2)12-7-9(6-11)4-5-10(12)13/h4-5,7-8H,3,6,11H2,1-2H3. The fraction of sp³-hybridized carbons (Fsp3) is 0.500. The summed E-state index contributed by atoms with van der Waals surface area (Å²) in [6.45, 7) is 4.57. The molecular formula is C10H16N2O. The smallest absolute Gasteiger partial charge is 0.250 e. The second-order valence-electron chi connectivity index (χ2n) is 3.24. The van der Waals surface area contributed by atoms with Gasteiger partial charge in [0, 0.05) is 24.8 Å². The van der Waals surface area contributed by atoms with Crippen LogP contribution in [0.15, 0.2) is 23.1 Å². The number of nitrogens with zero attached hydrogens (tertiary/aromatic N) is 1. The van der Waals surface area contributed by atoms with E-state index in [1.165, 1.54) is 0 Å². The molecule has 0 aliphatic rings. The summed E-state index contributed by atoms with van der Waals surface area (Å²) in [5, 5.41) is 0. The zero-order chi connectivity index (χ0) is 9.84. The SMILES string of the molecule is CCC(C)n1cc(CN)ccc1=O. The topological polar surface area (TPSA) is 48.0 Å². The van der Waals surface area contributed by atoms with Gasteiger partial charge in [0.2, 0.25) is 0 Å². The van der Waals surface area contributed by atoms with Crippen molar-refractivity contribution in [2.75, 3.05) is 0 Å². The van der Waals surface area contributed by atoms with Gasteiger partial charge in [-0.1, -0.05) is 13.0 Å². The minimum absolute atomic E-state index is 0.0477. The van der Waals surface area contributed by atoms with Crippen molar-refractivity contribution in [1.29, 1.82) is 0 Å². The summed E-state index contributed by atoms with van der Waals surface area (Å²) in [5.41, 5.74) is 6.54. The molecule has 0 saturated heterocycles. The van der Waals surface area contributed by atoms with E-state index in [9.17, 15) is 4.79 Å².